The number of aromatic nitrogens is 2. The Hall–Kier alpha value is -4.13. The van der Waals surface area contributed by atoms with E-state index in [1.807, 2.05) is 83.4 Å². The Morgan fingerprint density at radius 1 is 1.00 bits per heavy atom. The van der Waals surface area contributed by atoms with E-state index in [0.29, 0.717) is 24.7 Å². The molecule has 0 bridgehead atoms. The molecule has 3 aromatic carbocycles. The summed E-state index contributed by atoms with van der Waals surface area (Å²) in [7, 11) is 1.59. The Morgan fingerprint density at radius 3 is 2.54 bits per heavy atom. The van der Waals surface area contributed by atoms with E-state index < -0.39 is 17.9 Å². The molecule has 1 aliphatic rings. The number of ether oxygens (including phenoxy) is 2. The standard InChI is InChI=1S/C28H27N3O4/c1-3-35-27(33)24-25(20-12-9-13-21(18-20)34-2)31-23-15-8-7-14-22(23)29-28(31)30(26(24)32)17-16-19-10-5-4-6-11-19/h4-15,18,24-25H,3,16-17H2,1-2H3. The second-order valence-electron chi connectivity index (χ2n) is 8.45. The molecule has 5 rings (SSSR count). The molecule has 0 saturated heterocycles. The summed E-state index contributed by atoms with van der Waals surface area (Å²) in [6.45, 7) is 2.33. The summed E-state index contributed by atoms with van der Waals surface area (Å²) in [6, 6.07) is 24.6. The molecular formula is C28H27N3O4. The molecule has 1 aromatic heterocycles. The van der Waals surface area contributed by atoms with Crippen LogP contribution in [0.15, 0.2) is 78.9 Å². The number of amides is 1. The van der Waals surface area contributed by atoms with E-state index in [2.05, 4.69) is 0 Å². The average molecular weight is 470 g/mol. The predicted molar refractivity (Wildman–Crippen MR) is 133 cm³/mol. The van der Waals surface area contributed by atoms with Crippen LogP contribution in [0.1, 0.15) is 24.1 Å². The summed E-state index contributed by atoms with van der Waals surface area (Å²) >= 11 is 0. The zero-order valence-electron chi connectivity index (χ0n) is 19.8. The molecular weight excluding hydrogens is 442 g/mol. The molecule has 0 radical (unpaired) electrons. The minimum atomic E-state index is -1.05. The molecule has 0 aliphatic carbocycles. The van der Waals surface area contributed by atoms with Crippen molar-refractivity contribution < 1.29 is 19.1 Å². The van der Waals surface area contributed by atoms with Gasteiger partial charge in [-0.05, 0) is 48.7 Å². The van der Waals surface area contributed by atoms with Gasteiger partial charge >= 0.3 is 5.97 Å². The van der Waals surface area contributed by atoms with Crippen molar-refractivity contribution in [3.8, 4) is 5.75 Å². The number of rotatable bonds is 7. The summed E-state index contributed by atoms with van der Waals surface area (Å²) in [5, 5.41) is 0. The van der Waals surface area contributed by atoms with Crippen LogP contribution in [-0.2, 0) is 20.7 Å². The summed E-state index contributed by atoms with van der Waals surface area (Å²) in [5.74, 6) is -0.730. The lowest BCUT2D eigenvalue weighted by Gasteiger charge is -2.38. The van der Waals surface area contributed by atoms with Crippen LogP contribution in [-0.4, -0.2) is 41.7 Å². The fourth-order valence-corrected chi connectivity index (χ4v) is 4.77. The molecule has 1 amide bonds. The van der Waals surface area contributed by atoms with Gasteiger partial charge in [-0.3, -0.25) is 14.5 Å². The summed E-state index contributed by atoms with van der Waals surface area (Å²) in [4.78, 5) is 33.8. The lowest BCUT2D eigenvalue weighted by Crippen LogP contribution is -2.50. The fraction of sp³-hybridized carbons (Fsp3) is 0.250. The second-order valence-corrected chi connectivity index (χ2v) is 8.45. The first-order valence-electron chi connectivity index (χ1n) is 11.7. The van der Waals surface area contributed by atoms with Gasteiger partial charge in [-0.25, -0.2) is 4.98 Å². The van der Waals surface area contributed by atoms with Crippen LogP contribution in [0.25, 0.3) is 11.0 Å². The Balaban J connectivity index is 1.69. The maximum Gasteiger partial charge on any atom is 0.321 e. The summed E-state index contributed by atoms with van der Waals surface area (Å²) in [6.07, 6.45) is 0.634. The molecule has 0 N–H and O–H groups in total. The normalized spacial score (nSPS) is 17.3. The van der Waals surface area contributed by atoms with E-state index in [1.54, 1.807) is 18.9 Å². The lowest BCUT2D eigenvalue weighted by atomic mass is 9.89. The first-order chi connectivity index (χ1) is 17.1. The molecule has 2 unspecified atom stereocenters. The number of imidazole rings is 1. The largest absolute Gasteiger partial charge is 0.497 e. The smallest absolute Gasteiger partial charge is 0.321 e. The van der Waals surface area contributed by atoms with Gasteiger partial charge in [-0.2, -0.15) is 0 Å². The van der Waals surface area contributed by atoms with Gasteiger partial charge in [-0.1, -0.05) is 54.6 Å². The Morgan fingerprint density at radius 2 is 1.77 bits per heavy atom. The van der Waals surface area contributed by atoms with E-state index in [-0.39, 0.29) is 12.5 Å². The lowest BCUT2D eigenvalue weighted by molar-refractivity contribution is -0.153. The van der Waals surface area contributed by atoms with Crippen LogP contribution in [0.2, 0.25) is 0 Å². The third kappa shape index (κ3) is 4.14. The molecule has 2 heterocycles. The number of hydrogen-bond acceptors (Lipinski definition) is 5. The molecule has 35 heavy (non-hydrogen) atoms. The fourth-order valence-electron chi connectivity index (χ4n) is 4.77. The number of esters is 1. The Bertz CT molecular complexity index is 1370. The van der Waals surface area contributed by atoms with Crippen molar-refractivity contribution >= 4 is 28.9 Å². The molecule has 1 aliphatic heterocycles. The van der Waals surface area contributed by atoms with Gasteiger partial charge in [0.25, 0.3) is 0 Å². The maximum absolute atomic E-state index is 14.0. The maximum atomic E-state index is 14.0. The zero-order chi connectivity index (χ0) is 24.4. The van der Waals surface area contributed by atoms with Gasteiger partial charge < -0.3 is 14.0 Å². The Labute approximate surface area is 203 Å². The highest BCUT2D eigenvalue weighted by molar-refractivity contribution is 6.08. The minimum Gasteiger partial charge on any atom is -0.497 e. The van der Waals surface area contributed by atoms with Crippen LogP contribution in [0.5, 0.6) is 5.75 Å². The number of nitrogens with zero attached hydrogens (tertiary/aromatic N) is 3. The molecule has 0 fully saturated rings. The third-order valence-electron chi connectivity index (χ3n) is 6.39. The number of hydrogen-bond donors (Lipinski definition) is 0. The highest BCUT2D eigenvalue weighted by Gasteiger charge is 2.47. The quantitative estimate of drug-likeness (QED) is 0.296. The van der Waals surface area contributed by atoms with Gasteiger partial charge in [-0.15, -0.1) is 0 Å². The van der Waals surface area contributed by atoms with E-state index in [4.69, 9.17) is 14.5 Å². The van der Waals surface area contributed by atoms with Gasteiger partial charge in [0.2, 0.25) is 11.9 Å². The van der Waals surface area contributed by atoms with Crippen molar-refractivity contribution in [2.24, 2.45) is 5.92 Å². The van der Waals surface area contributed by atoms with Gasteiger partial charge in [0.1, 0.15) is 5.75 Å². The van der Waals surface area contributed by atoms with Crippen molar-refractivity contribution in [3.05, 3.63) is 90.0 Å². The SMILES string of the molecule is CCOC(=O)C1C(=O)N(CCc2ccccc2)c2nc3ccccc3n2C1c1cccc(OC)c1. The number of anilines is 1. The van der Waals surface area contributed by atoms with Crippen LogP contribution in [0.4, 0.5) is 5.95 Å². The van der Waals surface area contributed by atoms with Crippen molar-refractivity contribution in [2.45, 2.75) is 19.4 Å². The van der Waals surface area contributed by atoms with E-state index >= 15 is 0 Å². The molecule has 178 valence electrons. The minimum absolute atomic E-state index is 0.189. The zero-order valence-corrected chi connectivity index (χ0v) is 19.8. The predicted octanol–water partition coefficient (Wildman–Crippen LogP) is 4.40. The van der Waals surface area contributed by atoms with Gasteiger partial charge in [0, 0.05) is 6.54 Å². The summed E-state index contributed by atoms with van der Waals surface area (Å²) in [5.41, 5.74) is 3.49. The second kappa shape index (κ2) is 9.62. The number of carbonyl (C=O) groups excluding carboxylic acids is 2. The number of methoxy groups -OCH3 is 1. The molecule has 7 nitrogen and oxygen atoms in total. The molecule has 0 spiro atoms. The number of para-hydroxylation sites is 2. The number of carbonyl (C=O) groups is 2. The third-order valence-corrected chi connectivity index (χ3v) is 6.39. The van der Waals surface area contributed by atoms with Crippen molar-refractivity contribution in [3.63, 3.8) is 0 Å². The van der Waals surface area contributed by atoms with E-state index in [0.717, 1.165) is 22.2 Å². The molecule has 0 saturated carbocycles. The van der Waals surface area contributed by atoms with Gasteiger partial charge in [0.15, 0.2) is 5.92 Å². The van der Waals surface area contributed by atoms with Crippen molar-refractivity contribution in [1.29, 1.82) is 0 Å². The highest BCUT2D eigenvalue weighted by Crippen LogP contribution is 2.42. The molecule has 7 heteroatoms. The summed E-state index contributed by atoms with van der Waals surface area (Å²) < 4.78 is 12.9. The van der Waals surface area contributed by atoms with Crippen LogP contribution in [0, 0.1) is 5.92 Å². The molecule has 2 atom stereocenters. The first kappa shape index (κ1) is 22.7. The average Bonchev–Trinajstić information content (AvgIpc) is 3.27. The Kier molecular flexibility index (Phi) is 6.23. The van der Waals surface area contributed by atoms with Crippen molar-refractivity contribution in [2.75, 3.05) is 25.2 Å². The van der Waals surface area contributed by atoms with Crippen LogP contribution < -0.4 is 9.64 Å². The topological polar surface area (TPSA) is 73.7 Å². The first-order valence-corrected chi connectivity index (χ1v) is 11.7. The monoisotopic (exact) mass is 469 g/mol. The van der Waals surface area contributed by atoms with Crippen LogP contribution in [0.3, 0.4) is 0 Å². The molecule has 4 aromatic rings. The van der Waals surface area contributed by atoms with E-state index in [1.165, 1.54) is 0 Å². The van der Waals surface area contributed by atoms with Gasteiger partial charge in [0.05, 0.1) is 30.8 Å². The number of fused-ring (bicyclic) bond motifs is 3. The highest BCUT2D eigenvalue weighted by atomic mass is 16.5. The number of benzene rings is 3. The van der Waals surface area contributed by atoms with E-state index in [9.17, 15) is 9.59 Å². The van der Waals surface area contributed by atoms with Crippen LogP contribution >= 0.6 is 0 Å². The van der Waals surface area contributed by atoms with Crippen molar-refractivity contribution in [1.82, 2.24) is 9.55 Å².